The largest absolute Gasteiger partial charge is 0.480 e. The Kier molecular flexibility index (Phi) is 9.96. The molecular weight excluding hydrogens is 603 g/mol. The number of hydrogen-bond acceptors (Lipinski definition) is 8. The van der Waals surface area contributed by atoms with Crippen LogP contribution < -0.4 is 0 Å². The van der Waals surface area contributed by atoms with Gasteiger partial charge in [-0.1, -0.05) is 45.9 Å². The van der Waals surface area contributed by atoms with E-state index in [0.29, 0.717) is 11.1 Å². The SMILES string of the molecule is CC(SSC(C)C(=O)N1C(c2ccc(F)cc2)SC[C@H]1C(=O)O)C(=O)N1C(c2ccc(F)cc2)SC[C@H]1C(=O)O. The van der Waals surface area contributed by atoms with E-state index in [4.69, 9.17) is 0 Å². The molecule has 2 N–H and O–H groups in total. The number of nitrogens with zero attached hydrogens (tertiary/aromatic N) is 2. The van der Waals surface area contributed by atoms with Crippen molar-refractivity contribution < 1.29 is 38.2 Å². The number of carboxylic acid groups (broad SMARTS) is 2. The van der Waals surface area contributed by atoms with Crippen LogP contribution in [0.5, 0.6) is 0 Å². The topological polar surface area (TPSA) is 115 Å². The first-order valence-corrected chi connectivity index (χ1v) is 16.5. The van der Waals surface area contributed by atoms with Crippen LogP contribution in [0.3, 0.4) is 0 Å². The summed E-state index contributed by atoms with van der Waals surface area (Å²) in [5, 5.41) is 16.8. The number of rotatable bonds is 9. The molecule has 4 unspecified atom stereocenters. The van der Waals surface area contributed by atoms with Gasteiger partial charge in [-0.2, -0.15) is 0 Å². The molecule has 40 heavy (non-hydrogen) atoms. The summed E-state index contributed by atoms with van der Waals surface area (Å²) in [6.07, 6.45) is 0. The molecule has 2 aliphatic heterocycles. The van der Waals surface area contributed by atoms with E-state index in [1.54, 1.807) is 13.8 Å². The van der Waals surface area contributed by atoms with Gasteiger partial charge in [0.05, 0.1) is 10.5 Å². The Balaban J connectivity index is 1.46. The fourth-order valence-electron chi connectivity index (χ4n) is 4.37. The number of benzene rings is 2. The van der Waals surface area contributed by atoms with Gasteiger partial charge in [-0.05, 0) is 49.2 Å². The Bertz CT molecular complexity index is 1170. The minimum absolute atomic E-state index is 0.177. The molecule has 4 rings (SSSR count). The molecule has 0 bridgehead atoms. The summed E-state index contributed by atoms with van der Waals surface area (Å²) in [5.74, 6) is -3.69. The Morgan fingerprint density at radius 2 is 1.05 bits per heavy atom. The number of carboxylic acids is 2. The Morgan fingerprint density at radius 1 is 0.725 bits per heavy atom. The lowest BCUT2D eigenvalue weighted by Gasteiger charge is -2.31. The average molecular weight is 629 g/mol. The minimum Gasteiger partial charge on any atom is -0.480 e. The Labute approximate surface area is 246 Å². The van der Waals surface area contributed by atoms with Crippen molar-refractivity contribution in [3.63, 3.8) is 0 Å². The lowest BCUT2D eigenvalue weighted by molar-refractivity contribution is -0.148. The molecule has 2 amide bonds. The second-order valence-corrected chi connectivity index (χ2v) is 14.3. The van der Waals surface area contributed by atoms with Gasteiger partial charge < -0.3 is 20.0 Å². The van der Waals surface area contributed by atoms with Crippen molar-refractivity contribution in [3.8, 4) is 0 Å². The van der Waals surface area contributed by atoms with Crippen LogP contribution >= 0.6 is 45.1 Å². The van der Waals surface area contributed by atoms with Crippen molar-refractivity contribution in [3.05, 3.63) is 71.3 Å². The second kappa shape index (κ2) is 13.0. The van der Waals surface area contributed by atoms with Gasteiger partial charge in [0, 0.05) is 11.5 Å². The van der Waals surface area contributed by atoms with Crippen LogP contribution in [0.4, 0.5) is 8.78 Å². The fraction of sp³-hybridized carbons (Fsp3) is 0.385. The summed E-state index contributed by atoms with van der Waals surface area (Å²) in [6, 6.07) is 9.00. The Hall–Kier alpha value is -2.42. The summed E-state index contributed by atoms with van der Waals surface area (Å²) in [6.45, 7) is 3.24. The van der Waals surface area contributed by atoms with E-state index in [1.165, 1.54) is 81.9 Å². The van der Waals surface area contributed by atoms with Crippen LogP contribution in [0.1, 0.15) is 35.7 Å². The van der Waals surface area contributed by atoms with Crippen molar-refractivity contribution in [1.82, 2.24) is 9.80 Å². The molecule has 0 spiro atoms. The van der Waals surface area contributed by atoms with Crippen molar-refractivity contribution in [2.75, 3.05) is 11.5 Å². The monoisotopic (exact) mass is 628 g/mol. The van der Waals surface area contributed by atoms with Crippen LogP contribution in [0.25, 0.3) is 0 Å². The maximum Gasteiger partial charge on any atom is 0.327 e. The molecule has 8 nitrogen and oxygen atoms in total. The predicted molar refractivity (Wildman–Crippen MR) is 154 cm³/mol. The Morgan fingerprint density at radius 3 is 1.35 bits per heavy atom. The van der Waals surface area contributed by atoms with Crippen LogP contribution in [0.2, 0.25) is 0 Å². The number of thioether (sulfide) groups is 2. The van der Waals surface area contributed by atoms with E-state index in [1.807, 2.05) is 0 Å². The summed E-state index contributed by atoms with van der Waals surface area (Å²) in [5.41, 5.74) is 1.21. The lowest BCUT2D eigenvalue weighted by atomic mass is 10.1. The van der Waals surface area contributed by atoms with E-state index in [-0.39, 0.29) is 11.5 Å². The van der Waals surface area contributed by atoms with Crippen LogP contribution in [0, 0.1) is 11.6 Å². The molecule has 2 aromatic rings. The van der Waals surface area contributed by atoms with Crippen molar-refractivity contribution in [1.29, 1.82) is 0 Å². The summed E-state index contributed by atoms with van der Waals surface area (Å²) >= 11 is 2.57. The third-order valence-electron chi connectivity index (χ3n) is 6.43. The number of carbonyl (C=O) groups excluding carboxylic acids is 2. The molecule has 2 fully saturated rings. The molecule has 0 saturated carbocycles. The molecule has 0 aromatic heterocycles. The molecule has 2 aliphatic rings. The first-order valence-electron chi connectivity index (χ1n) is 12.2. The number of amides is 2. The number of aliphatic carboxylic acids is 2. The van der Waals surface area contributed by atoms with Gasteiger partial charge >= 0.3 is 11.9 Å². The zero-order valence-electron chi connectivity index (χ0n) is 21.3. The van der Waals surface area contributed by atoms with E-state index >= 15 is 0 Å². The molecule has 14 heteroatoms. The zero-order chi connectivity index (χ0) is 29.1. The molecule has 2 saturated heterocycles. The maximum absolute atomic E-state index is 13.5. The van der Waals surface area contributed by atoms with Crippen LogP contribution in [0.15, 0.2) is 48.5 Å². The van der Waals surface area contributed by atoms with Gasteiger partial charge in [0.25, 0.3) is 0 Å². The first-order chi connectivity index (χ1) is 19.0. The number of hydrogen-bond donors (Lipinski definition) is 2. The van der Waals surface area contributed by atoms with E-state index < -0.39 is 68.7 Å². The smallest absolute Gasteiger partial charge is 0.327 e. The molecule has 0 aliphatic carbocycles. The highest BCUT2D eigenvalue weighted by molar-refractivity contribution is 8.77. The highest BCUT2D eigenvalue weighted by Crippen LogP contribution is 2.46. The maximum atomic E-state index is 13.5. The van der Waals surface area contributed by atoms with E-state index in [0.717, 1.165) is 21.6 Å². The standard InChI is InChI=1S/C26H26F2N2O6S4/c1-13(21(31)29-19(25(33)34)11-37-23(29)15-3-7-17(27)8-4-15)39-40-14(2)22(32)30-20(26(35)36)12-38-24(30)16-5-9-18(28)10-6-16/h3-10,13-14,19-20,23-24H,11-12H2,1-2H3,(H,33,34)(H,35,36)/t13?,14?,19-,20-,23?,24?/m0/s1. The van der Waals surface area contributed by atoms with Gasteiger partial charge in [-0.3, -0.25) is 9.59 Å². The third-order valence-corrected chi connectivity index (χ3v) is 12.2. The van der Waals surface area contributed by atoms with Gasteiger partial charge in [0.1, 0.15) is 34.5 Å². The van der Waals surface area contributed by atoms with Gasteiger partial charge in [-0.15, -0.1) is 23.5 Å². The van der Waals surface area contributed by atoms with Crippen molar-refractivity contribution >= 4 is 68.9 Å². The minimum atomic E-state index is -1.14. The quantitative estimate of drug-likeness (QED) is 0.373. The lowest BCUT2D eigenvalue weighted by Crippen LogP contribution is -2.46. The van der Waals surface area contributed by atoms with Gasteiger partial charge in [-0.25, -0.2) is 18.4 Å². The van der Waals surface area contributed by atoms with Gasteiger partial charge in [0.15, 0.2) is 0 Å². The predicted octanol–water partition coefficient (Wildman–Crippen LogP) is 4.88. The normalized spacial score (nSPS) is 24.1. The molecule has 214 valence electrons. The number of carbonyl (C=O) groups is 4. The van der Waals surface area contributed by atoms with Crippen molar-refractivity contribution in [2.45, 2.75) is 47.2 Å². The highest BCUT2D eigenvalue weighted by Gasteiger charge is 2.45. The van der Waals surface area contributed by atoms with Crippen LogP contribution in [-0.4, -0.2) is 77.9 Å². The number of halogens is 2. The summed E-state index contributed by atoms with van der Waals surface area (Å²) in [7, 11) is 2.20. The van der Waals surface area contributed by atoms with Gasteiger partial charge in [0.2, 0.25) is 11.8 Å². The third kappa shape index (κ3) is 6.55. The molecule has 6 atom stereocenters. The molecule has 2 heterocycles. The average Bonchev–Trinajstić information content (AvgIpc) is 3.57. The summed E-state index contributed by atoms with van der Waals surface area (Å²) in [4.78, 5) is 53.4. The fourth-order valence-corrected chi connectivity index (χ4v) is 9.46. The zero-order valence-corrected chi connectivity index (χ0v) is 24.6. The highest BCUT2D eigenvalue weighted by atomic mass is 33.1. The molecule has 0 radical (unpaired) electrons. The van der Waals surface area contributed by atoms with E-state index in [2.05, 4.69) is 0 Å². The van der Waals surface area contributed by atoms with E-state index in [9.17, 15) is 38.2 Å². The summed E-state index contributed by atoms with van der Waals surface area (Å²) < 4.78 is 26.9. The molecular formula is C26H26F2N2O6S4. The second-order valence-electron chi connectivity index (χ2n) is 9.15. The first kappa shape index (κ1) is 30.5. The van der Waals surface area contributed by atoms with Crippen molar-refractivity contribution in [2.24, 2.45) is 0 Å². The van der Waals surface area contributed by atoms with Crippen LogP contribution in [-0.2, 0) is 19.2 Å². The molecule has 2 aromatic carbocycles.